The van der Waals surface area contributed by atoms with E-state index in [1.807, 2.05) is 0 Å². The van der Waals surface area contributed by atoms with Gasteiger partial charge in [0.25, 0.3) is 0 Å². The van der Waals surface area contributed by atoms with Crippen molar-refractivity contribution in [3.05, 3.63) is 81.3 Å². The molecule has 2 heteroatoms. The first kappa shape index (κ1) is 14.8. The van der Waals surface area contributed by atoms with Crippen molar-refractivity contribution in [1.82, 2.24) is 0 Å². The fourth-order valence-corrected chi connectivity index (χ4v) is 4.32. The maximum atomic E-state index is 3.91. The van der Waals surface area contributed by atoms with Crippen LogP contribution in [0.3, 0.4) is 0 Å². The predicted octanol–water partition coefficient (Wildman–Crippen LogP) is 6.70. The molecule has 106 valence electrons. The molecule has 0 heterocycles. The average Bonchev–Trinajstić information content (AvgIpc) is 2.45. The van der Waals surface area contributed by atoms with Crippen molar-refractivity contribution in [2.45, 2.75) is 18.7 Å². The molecule has 0 spiro atoms. The number of alkyl halides is 1. The number of rotatable bonds is 2. The molecule has 1 unspecified atom stereocenters. The van der Waals surface area contributed by atoms with Gasteiger partial charge in [0.05, 0.1) is 4.83 Å². The Hall–Kier alpha value is -1.12. The van der Waals surface area contributed by atoms with Crippen LogP contribution in [0.4, 0.5) is 0 Å². The summed E-state index contributed by atoms with van der Waals surface area (Å²) in [5.74, 6) is 0. The van der Waals surface area contributed by atoms with Crippen molar-refractivity contribution in [3.63, 3.8) is 0 Å². The monoisotopic (exact) mass is 402 g/mol. The summed E-state index contributed by atoms with van der Waals surface area (Å²) in [5.41, 5.74) is 5.21. The zero-order valence-corrected chi connectivity index (χ0v) is 15.2. The van der Waals surface area contributed by atoms with Crippen LogP contribution in [0.25, 0.3) is 10.8 Å². The van der Waals surface area contributed by atoms with Gasteiger partial charge in [-0.05, 0) is 59.0 Å². The highest BCUT2D eigenvalue weighted by atomic mass is 79.9. The van der Waals surface area contributed by atoms with Crippen molar-refractivity contribution < 1.29 is 0 Å². The second kappa shape index (κ2) is 5.94. The highest BCUT2D eigenvalue weighted by Gasteiger charge is 2.16. The zero-order chi connectivity index (χ0) is 15.0. The highest BCUT2D eigenvalue weighted by Crippen LogP contribution is 2.38. The average molecular weight is 404 g/mol. The quantitative estimate of drug-likeness (QED) is 0.417. The molecule has 0 aliphatic carbocycles. The van der Waals surface area contributed by atoms with E-state index in [0.29, 0.717) is 0 Å². The lowest BCUT2D eigenvalue weighted by Gasteiger charge is -2.17. The Morgan fingerprint density at radius 2 is 1.67 bits per heavy atom. The topological polar surface area (TPSA) is 0 Å². The van der Waals surface area contributed by atoms with E-state index >= 15 is 0 Å². The fourth-order valence-electron chi connectivity index (χ4n) is 2.82. The van der Waals surface area contributed by atoms with E-state index in [9.17, 15) is 0 Å². The highest BCUT2D eigenvalue weighted by molar-refractivity contribution is 9.10. The van der Waals surface area contributed by atoms with Crippen LogP contribution in [0.15, 0.2) is 59.1 Å². The molecule has 0 amide bonds. The first-order valence-corrected chi connectivity index (χ1v) is 8.66. The van der Waals surface area contributed by atoms with Gasteiger partial charge in [0.2, 0.25) is 0 Å². The Labute approximate surface area is 142 Å². The van der Waals surface area contributed by atoms with Gasteiger partial charge >= 0.3 is 0 Å². The SMILES string of the molecule is Cc1cc(Br)cc(C(Br)c2c(C)ccc3ccccc23)c1. The van der Waals surface area contributed by atoms with Crippen molar-refractivity contribution in [1.29, 1.82) is 0 Å². The van der Waals surface area contributed by atoms with Gasteiger partial charge < -0.3 is 0 Å². The van der Waals surface area contributed by atoms with Crippen LogP contribution in [0.5, 0.6) is 0 Å². The molecule has 0 N–H and O–H groups in total. The van der Waals surface area contributed by atoms with Crippen molar-refractivity contribution in [3.8, 4) is 0 Å². The minimum Gasteiger partial charge on any atom is -0.0786 e. The minimum absolute atomic E-state index is 0.194. The molecule has 0 fully saturated rings. The van der Waals surface area contributed by atoms with E-state index in [1.54, 1.807) is 0 Å². The molecule has 21 heavy (non-hydrogen) atoms. The second-order valence-electron chi connectivity index (χ2n) is 5.44. The molecule has 0 saturated carbocycles. The Morgan fingerprint density at radius 1 is 0.905 bits per heavy atom. The zero-order valence-electron chi connectivity index (χ0n) is 12.0. The molecule has 3 aromatic carbocycles. The third-order valence-electron chi connectivity index (χ3n) is 3.80. The van der Waals surface area contributed by atoms with Crippen LogP contribution in [0.1, 0.15) is 27.1 Å². The molecule has 0 aromatic heterocycles. The molecular formula is C19H16Br2. The molecule has 0 radical (unpaired) electrons. The van der Waals surface area contributed by atoms with E-state index in [-0.39, 0.29) is 4.83 Å². The molecule has 0 nitrogen and oxygen atoms in total. The number of fused-ring (bicyclic) bond motifs is 1. The van der Waals surface area contributed by atoms with E-state index in [0.717, 1.165) is 4.47 Å². The Morgan fingerprint density at radius 3 is 2.43 bits per heavy atom. The van der Waals surface area contributed by atoms with E-state index in [4.69, 9.17) is 0 Å². The standard InChI is InChI=1S/C19H16Br2/c1-12-9-15(11-16(20)10-12)19(21)18-13(2)7-8-14-5-3-4-6-17(14)18/h3-11,19H,1-2H3. The van der Waals surface area contributed by atoms with Crippen molar-refractivity contribution >= 4 is 42.6 Å². The van der Waals surface area contributed by atoms with Gasteiger partial charge in [-0.2, -0.15) is 0 Å². The first-order chi connectivity index (χ1) is 10.1. The summed E-state index contributed by atoms with van der Waals surface area (Å²) in [6.07, 6.45) is 0. The van der Waals surface area contributed by atoms with E-state index < -0.39 is 0 Å². The lowest BCUT2D eigenvalue weighted by molar-refractivity contribution is 1.15. The number of aryl methyl sites for hydroxylation is 2. The molecule has 3 aromatic rings. The minimum atomic E-state index is 0.194. The van der Waals surface area contributed by atoms with Crippen LogP contribution >= 0.6 is 31.9 Å². The molecule has 0 bridgehead atoms. The van der Waals surface area contributed by atoms with Gasteiger partial charge in [0, 0.05) is 4.47 Å². The third-order valence-corrected chi connectivity index (χ3v) is 5.24. The van der Waals surface area contributed by atoms with Gasteiger partial charge in [-0.15, -0.1) is 0 Å². The van der Waals surface area contributed by atoms with Gasteiger partial charge in [0.15, 0.2) is 0 Å². The Balaban J connectivity index is 2.21. The fraction of sp³-hybridized carbons (Fsp3) is 0.158. The Bertz CT molecular complexity index is 786. The van der Waals surface area contributed by atoms with Gasteiger partial charge in [-0.1, -0.05) is 74.3 Å². The molecule has 0 aliphatic rings. The largest absolute Gasteiger partial charge is 0.0786 e. The van der Waals surface area contributed by atoms with Crippen molar-refractivity contribution in [2.24, 2.45) is 0 Å². The number of benzene rings is 3. The lowest BCUT2D eigenvalue weighted by atomic mass is 9.94. The van der Waals surface area contributed by atoms with E-state index in [2.05, 4.69) is 100 Å². The summed E-state index contributed by atoms with van der Waals surface area (Å²) in [4.78, 5) is 0.194. The van der Waals surface area contributed by atoms with Crippen LogP contribution in [-0.4, -0.2) is 0 Å². The maximum absolute atomic E-state index is 3.91. The van der Waals surface area contributed by atoms with Crippen LogP contribution in [0.2, 0.25) is 0 Å². The van der Waals surface area contributed by atoms with E-state index in [1.165, 1.54) is 33.0 Å². The van der Waals surface area contributed by atoms with Gasteiger partial charge in [-0.25, -0.2) is 0 Å². The molecule has 0 saturated heterocycles. The summed E-state index contributed by atoms with van der Waals surface area (Å²) in [6.45, 7) is 4.31. The summed E-state index contributed by atoms with van der Waals surface area (Å²) in [7, 11) is 0. The van der Waals surface area contributed by atoms with Crippen molar-refractivity contribution in [2.75, 3.05) is 0 Å². The summed E-state index contributed by atoms with van der Waals surface area (Å²) in [5, 5.41) is 2.60. The molecular weight excluding hydrogens is 388 g/mol. The first-order valence-electron chi connectivity index (χ1n) is 6.95. The third kappa shape index (κ3) is 2.93. The van der Waals surface area contributed by atoms with Crippen LogP contribution in [0, 0.1) is 13.8 Å². The van der Waals surface area contributed by atoms with Gasteiger partial charge in [-0.3, -0.25) is 0 Å². The summed E-state index contributed by atoms with van der Waals surface area (Å²) < 4.78 is 1.12. The predicted molar refractivity (Wildman–Crippen MR) is 98.3 cm³/mol. The number of hydrogen-bond acceptors (Lipinski definition) is 0. The second-order valence-corrected chi connectivity index (χ2v) is 7.27. The Kier molecular flexibility index (Phi) is 4.19. The summed E-state index contributed by atoms with van der Waals surface area (Å²) >= 11 is 7.51. The number of halogens is 2. The maximum Gasteiger partial charge on any atom is 0.0653 e. The summed E-state index contributed by atoms with van der Waals surface area (Å²) in [6, 6.07) is 19.5. The molecule has 3 rings (SSSR count). The van der Waals surface area contributed by atoms with Crippen LogP contribution in [-0.2, 0) is 0 Å². The van der Waals surface area contributed by atoms with Crippen LogP contribution < -0.4 is 0 Å². The smallest absolute Gasteiger partial charge is 0.0653 e. The lowest BCUT2D eigenvalue weighted by Crippen LogP contribution is -1.98. The molecule has 0 aliphatic heterocycles. The normalized spacial score (nSPS) is 12.6. The number of hydrogen-bond donors (Lipinski definition) is 0. The molecule has 1 atom stereocenters. The van der Waals surface area contributed by atoms with Gasteiger partial charge in [0.1, 0.15) is 0 Å².